The van der Waals surface area contributed by atoms with Crippen LogP contribution in [0.2, 0.25) is 5.02 Å². The fraction of sp³-hybridized carbons (Fsp3) is 0.250. The Balaban J connectivity index is 1.83. The highest BCUT2D eigenvalue weighted by atomic mass is 35.5. The summed E-state index contributed by atoms with van der Waals surface area (Å²) < 4.78 is 5.16. The van der Waals surface area contributed by atoms with Gasteiger partial charge in [-0.1, -0.05) is 17.7 Å². The summed E-state index contributed by atoms with van der Waals surface area (Å²) in [6.45, 7) is 1.75. The van der Waals surface area contributed by atoms with Crippen LogP contribution >= 0.6 is 11.6 Å². The molecule has 0 saturated carbocycles. The molecular weight excluding hydrogens is 272 g/mol. The minimum atomic E-state index is 0.749. The van der Waals surface area contributed by atoms with E-state index in [1.54, 1.807) is 7.11 Å². The fourth-order valence-corrected chi connectivity index (χ4v) is 2.12. The Kier molecular flexibility index (Phi) is 5.13. The highest BCUT2D eigenvalue weighted by Gasteiger charge is 2.01. The minimum Gasteiger partial charge on any atom is -0.497 e. The molecule has 0 aromatic heterocycles. The van der Waals surface area contributed by atoms with E-state index in [0.29, 0.717) is 0 Å². The summed E-state index contributed by atoms with van der Waals surface area (Å²) in [6, 6.07) is 15.8. The molecule has 0 spiro atoms. The van der Waals surface area contributed by atoms with Crippen molar-refractivity contribution >= 4 is 23.0 Å². The van der Waals surface area contributed by atoms with E-state index in [0.717, 1.165) is 29.5 Å². The monoisotopic (exact) mass is 290 g/mol. The van der Waals surface area contributed by atoms with Gasteiger partial charge in [-0.15, -0.1) is 0 Å². The van der Waals surface area contributed by atoms with Gasteiger partial charge in [-0.25, -0.2) is 0 Å². The number of ether oxygens (including phenoxy) is 1. The summed E-state index contributed by atoms with van der Waals surface area (Å²) in [5, 5.41) is 4.11. The first-order chi connectivity index (χ1) is 9.69. The molecule has 4 heteroatoms. The molecule has 0 aliphatic rings. The maximum Gasteiger partial charge on any atom is 0.119 e. The summed E-state index contributed by atoms with van der Waals surface area (Å²) in [5.41, 5.74) is 2.21. The second-order valence-electron chi connectivity index (χ2n) is 4.56. The van der Waals surface area contributed by atoms with Crippen molar-refractivity contribution in [3.8, 4) is 5.75 Å². The lowest BCUT2D eigenvalue weighted by Crippen LogP contribution is -2.24. The van der Waals surface area contributed by atoms with Gasteiger partial charge in [-0.2, -0.15) is 0 Å². The third-order valence-corrected chi connectivity index (χ3v) is 3.35. The Morgan fingerprint density at radius 1 is 1.15 bits per heavy atom. The zero-order chi connectivity index (χ0) is 14.4. The Labute approximate surface area is 125 Å². The number of benzene rings is 2. The summed E-state index contributed by atoms with van der Waals surface area (Å²) in [6.07, 6.45) is 0. The van der Waals surface area contributed by atoms with Crippen molar-refractivity contribution in [1.29, 1.82) is 0 Å². The molecule has 0 heterocycles. The van der Waals surface area contributed by atoms with Gasteiger partial charge < -0.3 is 15.0 Å². The van der Waals surface area contributed by atoms with Crippen LogP contribution in [0, 0.1) is 0 Å². The first kappa shape index (κ1) is 14.5. The number of likely N-dealkylation sites (N-methyl/N-ethyl adjacent to an activating group) is 1. The van der Waals surface area contributed by atoms with Gasteiger partial charge in [-0.05, 0) is 42.5 Å². The minimum absolute atomic E-state index is 0.749. The largest absolute Gasteiger partial charge is 0.497 e. The van der Waals surface area contributed by atoms with Crippen LogP contribution in [0.25, 0.3) is 0 Å². The average molecular weight is 291 g/mol. The average Bonchev–Trinajstić information content (AvgIpc) is 2.47. The number of halogens is 1. The van der Waals surface area contributed by atoms with Gasteiger partial charge in [0.1, 0.15) is 5.75 Å². The maximum atomic E-state index is 5.95. The van der Waals surface area contributed by atoms with Gasteiger partial charge in [0.05, 0.1) is 7.11 Å². The quantitative estimate of drug-likeness (QED) is 0.873. The molecule has 0 atom stereocenters. The smallest absolute Gasteiger partial charge is 0.119 e. The van der Waals surface area contributed by atoms with Crippen molar-refractivity contribution in [2.45, 2.75) is 0 Å². The molecule has 0 unspecified atom stereocenters. The third kappa shape index (κ3) is 4.07. The van der Waals surface area contributed by atoms with Crippen molar-refractivity contribution in [3.05, 3.63) is 53.6 Å². The number of nitrogens with one attached hydrogen (secondary N) is 1. The first-order valence-corrected chi connectivity index (χ1v) is 6.91. The Bertz CT molecular complexity index is 542. The second kappa shape index (κ2) is 7.06. The van der Waals surface area contributed by atoms with Crippen molar-refractivity contribution in [2.24, 2.45) is 0 Å². The van der Waals surface area contributed by atoms with Crippen molar-refractivity contribution < 1.29 is 4.74 Å². The van der Waals surface area contributed by atoms with Crippen LogP contribution in [0.15, 0.2) is 48.5 Å². The molecule has 20 heavy (non-hydrogen) atoms. The van der Waals surface area contributed by atoms with Crippen LogP contribution in [0.5, 0.6) is 5.75 Å². The lowest BCUT2D eigenvalue weighted by Gasteiger charge is -2.20. The molecule has 0 aliphatic carbocycles. The van der Waals surface area contributed by atoms with E-state index in [-0.39, 0.29) is 0 Å². The van der Waals surface area contributed by atoms with Crippen LogP contribution in [0.4, 0.5) is 11.4 Å². The van der Waals surface area contributed by atoms with Gasteiger partial charge >= 0.3 is 0 Å². The van der Waals surface area contributed by atoms with Crippen LogP contribution in [-0.2, 0) is 0 Å². The summed E-state index contributed by atoms with van der Waals surface area (Å²) in [5.74, 6) is 0.874. The van der Waals surface area contributed by atoms with Crippen LogP contribution in [0.3, 0.4) is 0 Å². The van der Waals surface area contributed by atoms with Gasteiger partial charge in [-0.3, -0.25) is 0 Å². The Morgan fingerprint density at radius 3 is 2.55 bits per heavy atom. The summed E-state index contributed by atoms with van der Waals surface area (Å²) in [4.78, 5) is 2.19. The number of methoxy groups -OCH3 is 1. The van der Waals surface area contributed by atoms with E-state index < -0.39 is 0 Å². The van der Waals surface area contributed by atoms with E-state index in [1.165, 1.54) is 5.69 Å². The zero-order valence-corrected chi connectivity index (χ0v) is 12.5. The van der Waals surface area contributed by atoms with Crippen LogP contribution in [0.1, 0.15) is 0 Å². The van der Waals surface area contributed by atoms with E-state index >= 15 is 0 Å². The SMILES string of the molecule is COc1ccc(N(C)CCNc2cccc(Cl)c2)cc1. The molecule has 0 bridgehead atoms. The number of rotatable bonds is 6. The molecule has 2 aromatic rings. The van der Waals surface area contributed by atoms with Gasteiger partial charge in [0.25, 0.3) is 0 Å². The van der Waals surface area contributed by atoms with Crippen molar-refractivity contribution in [1.82, 2.24) is 0 Å². The predicted molar refractivity (Wildman–Crippen MR) is 86.2 cm³/mol. The number of hydrogen-bond acceptors (Lipinski definition) is 3. The molecule has 2 rings (SSSR count). The third-order valence-electron chi connectivity index (χ3n) is 3.11. The molecule has 0 radical (unpaired) electrons. The van der Waals surface area contributed by atoms with E-state index in [4.69, 9.17) is 16.3 Å². The zero-order valence-electron chi connectivity index (χ0n) is 11.8. The van der Waals surface area contributed by atoms with Gasteiger partial charge in [0, 0.05) is 36.5 Å². The van der Waals surface area contributed by atoms with Crippen LogP contribution < -0.4 is 15.0 Å². The fourth-order valence-electron chi connectivity index (χ4n) is 1.93. The molecule has 0 fully saturated rings. The van der Waals surface area contributed by atoms with E-state index in [9.17, 15) is 0 Å². The van der Waals surface area contributed by atoms with Gasteiger partial charge in [0.15, 0.2) is 0 Å². The number of anilines is 2. The standard InChI is InChI=1S/C16H19ClN2O/c1-19(15-6-8-16(20-2)9-7-15)11-10-18-14-5-3-4-13(17)12-14/h3-9,12,18H,10-11H2,1-2H3. The molecule has 0 saturated heterocycles. The highest BCUT2D eigenvalue weighted by molar-refractivity contribution is 6.30. The Hall–Kier alpha value is -1.87. The Morgan fingerprint density at radius 2 is 1.90 bits per heavy atom. The lowest BCUT2D eigenvalue weighted by atomic mass is 10.3. The molecule has 2 aromatic carbocycles. The normalized spacial score (nSPS) is 10.2. The maximum absolute atomic E-state index is 5.95. The topological polar surface area (TPSA) is 24.5 Å². The van der Waals surface area contributed by atoms with Crippen LogP contribution in [-0.4, -0.2) is 27.2 Å². The first-order valence-electron chi connectivity index (χ1n) is 6.53. The van der Waals surface area contributed by atoms with Crippen molar-refractivity contribution in [2.75, 3.05) is 37.5 Å². The van der Waals surface area contributed by atoms with Crippen molar-refractivity contribution in [3.63, 3.8) is 0 Å². The molecule has 3 nitrogen and oxygen atoms in total. The molecule has 0 amide bonds. The molecule has 1 N–H and O–H groups in total. The number of hydrogen-bond donors (Lipinski definition) is 1. The molecule has 0 aliphatic heterocycles. The number of nitrogens with zero attached hydrogens (tertiary/aromatic N) is 1. The molecule has 106 valence electrons. The lowest BCUT2D eigenvalue weighted by molar-refractivity contribution is 0.415. The summed E-state index contributed by atoms with van der Waals surface area (Å²) in [7, 11) is 3.75. The van der Waals surface area contributed by atoms with E-state index in [2.05, 4.69) is 29.4 Å². The molecular formula is C16H19ClN2O. The van der Waals surface area contributed by atoms with E-state index in [1.807, 2.05) is 36.4 Å². The predicted octanol–water partition coefficient (Wildman–Crippen LogP) is 3.90. The second-order valence-corrected chi connectivity index (χ2v) is 4.99. The highest BCUT2D eigenvalue weighted by Crippen LogP contribution is 2.18. The summed E-state index contributed by atoms with van der Waals surface area (Å²) >= 11 is 5.95. The van der Waals surface area contributed by atoms with Gasteiger partial charge in [0.2, 0.25) is 0 Å².